The van der Waals surface area contributed by atoms with Crippen LogP contribution < -0.4 is 0 Å². The topological polar surface area (TPSA) is 77.3 Å². The minimum Gasteiger partial charge on any atom is -0.380 e. The molecule has 2 heterocycles. The van der Waals surface area contributed by atoms with Crippen molar-refractivity contribution in [3.63, 3.8) is 0 Å². The lowest BCUT2D eigenvalue weighted by molar-refractivity contribution is 0.122. The Kier molecular flexibility index (Phi) is 5.50. The molecule has 1 saturated heterocycles. The second-order valence-electron chi connectivity index (χ2n) is 4.99. The number of ether oxygens (including phenoxy) is 1. The van der Waals surface area contributed by atoms with E-state index in [0.29, 0.717) is 32.8 Å². The predicted molar refractivity (Wildman–Crippen MR) is 75.1 cm³/mol. The quantitative estimate of drug-likeness (QED) is 0.657. The van der Waals surface area contributed by atoms with Crippen molar-refractivity contribution < 1.29 is 13.2 Å². The van der Waals surface area contributed by atoms with Crippen molar-refractivity contribution in [3.05, 3.63) is 11.9 Å². The lowest BCUT2D eigenvalue weighted by atomic mass is 10.4. The molecule has 0 saturated carbocycles. The molecule has 0 aliphatic carbocycles. The summed E-state index contributed by atoms with van der Waals surface area (Å²) in [7, 11) is -2.82. The molecule has 0 atom stereocenters. The first kappa shape index (κ1) is 15.4. The van der Waals surface area contributed by atoms with Crippen molar-refractivity contribution >= 4 is 9.84 Å². The fourth-order valence-electron chi connectivity index (χ4n) is 2.12. The molecule has 1 aromatic rings. The second-order valence-corrected chi connectivity index (χ2v) is 7.29. The Balaban J connectivity index is 1.83. The van der Waals surface area contributed by atoms with E-state index in [1.165, 1.54) is 0 Å². The van der Waals surface area contributed by atoms with Crippen LogP contribution in [0, 0.1) is 0 Å². The van der Waals surface area contributed by atoms with Gasteiger partial charge in [0.15, 0.2) is 9.84 Å². The average Bonchev–Trinajstić information content (AvgIpc) is 2.85. The lowest BCUT2D eigenvalue weighted by Gasteiger charge is -2.26. The van der Waals surface area contributed by atoms with Gasteiger partial charge in [0.05, 0.1) is 36.5 Å². The Labute approximate surface area is 119 Å². The maximum atomic E-state index is 11.4. The molecule has 0 bridgehead atoms. The van der Waals surface area contributed by atoms with Gasteiger partial charge in [-0.2, -0.15) is 0 Å². The highest BCUT2D eigenvalue weighted by atomic mass is 32.2. The van der Waals surface area contributed by atoms with Crippen LogP contribution in [0.1, 0.15) is 19.0 Å². The third-order valence-electron chi connectivity index (χ3n) is 3.32. The van der Waals surface area contributed by atoms with Gasteiger partial charge in [0.25, 0.3) is 0 Å². The van der Waals surface area contributed by atoms with Gasteiger partial charge in [-0.15, -0.1) is 5.10 Å². The zero-order chi connectivity index (χ0) is 14.4. The number of nitrogens with zero attached hydrogens (tertiary/aromatic N) is 4. The maximum absolute atomic E-state index is 11.4. The zero-order valence-corrected chi connectivity index (χ0v) is 12.7. The summed E-state index contributed by atoms with van der Waals surface area (Å²) < 4.78 is 30.1. The van der Waals surface area contributed by atoms with Gasteiger partial charge in [-0.3, -0.25) is 4.90 Å². The number of rotatable bonds is 7. The Morgan fingerprint density at radius 1 is 1.30 bits per heavy atom. The predicted octanol–water partition coefficient (Wildman–Crippen LogP) is -0.0649. The number of hydrogen-bond donors (Lipinski definition) is 0. The van der Waals surface area contributed by atoms with Gasteiger partial charge < -0.3 is 4.74 Å². The molecular formula is C12H22N4O3S. The lowest BCUT2D eigenvalue weighted by Crippen LogP contribution is -2.40. The summed E-state index contributed by atoms with van der Waals surface area (Å²) >= 11 is 0. The smallest absolute Gasteiger partial charge is 0.152 e. The standard InChI is InChI=1S/C12H22N4O3S/c1-2-6-19-7-3-16-12(10-13-14-16)11-15-4-8-20(17,18)9-5-15/h10H,2-9,11H2,1H3. The molecule has 0 spiro atoms. The Morgan fingerprint density at radius 2 is 2.05 bits per heavy atom. The molecule has 20 heavy (non-hydrogen) atoms. The van der Waals surface area contributed by atoms with Gasteiger partial charge >= 0.3 is 0 Å². The van der Waals surface area contributed by atoms with E-state index in [4.69, 9.17) is 4.74 Å². The van der Waals surface area contributed by atoms with E-state index in [2.05, 4.69) is 22.1 Å². The van der Waals surface area contributed by atoms with Gasteiger partial charge in [-0.05, 0) is 6.42 Å². The van der Waals surface area contributed by atoms with Crippen LogP contribution in [0.3, 0.4) is 0 Å². The molecule has 0 aromatic carbocycles. The van der Waals surface area contributed by atoms with Gasteiger partial charge in [-0.25, -0.2) is 13.1 Å². The van der Waals surface area contributed by atoms with Crippen LogP contribution >= 0.6 is 0 Å². The molecule has 1 aliphatic rings. The van der Waals surface area contributed by atoms with Crippen molar-refractivity contribution in [3.8, 4) is 0 Å². The van der Waals surface area contributed by atoms with E-state index in [-0.39, 0.29) is 11.5 Å². The molecule has 0 N–H and O–H groups in total. The zero-order valence-electron chi connectivity index (χ0n) is 11.9. The fraction of sp³-hybridized carbons (Fsp3) is 0.833. The van der Waals surface area contributed by atoms with Crippen LogP contribution in [-0.2, 0) is 27.7 Å². The summed E-state index contributed by atoms with van der Waals surface area (Å²) in [5, 5.41) is 7.98. The minimum absolute atomic E-state index is 0.244. The van der Waals surface area contributed by atoms with E-state index in [9.17, 15) is 8.42 Å². The Morgan fingerprint density at radius 3 is 2.75 bits per heavy atom. The monoisotopic (exact) mass is 302 g/mol. The molecule has 0 unspecified atom stereocenters. The van der Waals surface area contributed by atoms with Crippen LogP contribution in [0.5, 0.6) is 0 Å². The number of aromatic nitrogens is 3. The van der Waals surface area contributed by atoms with Crippen molar-refractivity contribution in [2.75, 3.05) is 37.8 Å². The normalized spacial score (nSPS) is 19.2. The molecule has 2 rings (SSSR count). The van der Waals surface area contributed by atoms with Crippen LogP contribution in [0.4, 0.5) is 0 Å². The molecule has 1 aromatic heterocycles. The van der Waals surface area contributed by atoms with E-state index in [0.717, 1.165) is 18.7 Å². The first-order valence-electron chi connectivity index (χ1n) is 6.98. The SMILES string of the molecule is CCCOCCn1nncc1CN1CCS(=O)(=O)CC1. The molecule has 114 valence electrons. The van der Waals surface area contributed by atoms with Crippen LogP contribution in [0.2, 0.25) is 0 Å². The van der Waals surface area contributed by atoms with Gasteiger partial charge in [0, 0.05) is 26.2 Å². The van der Waals surface area contributed by atoms with Crippen LogP contribution in [0.25, 0.3) is 0 Å². The highest BCUT2D eigenvalue weighted by Crippen LogP contribution is 2.08. The summed E-state index contributed by atoms with van der Waals surface area (Å²) in [6.45, 7) is 6.00. The van der Waals surface area contributed by atoms with Crippen molar-refractivity contribution in [1.29, 1.82) is 0 Å². The molecule has 0 amide bonds. The van der Waals surface area contributed by atoms with E-state index < -0.39 is 9.84 Å². The fourth-order valence-corrected chi connectivity index (χ4v) is 3.40. The summed E-state index contributed by atoms with van der Waals surface area (Å²) in [4.78, 5) is 2.13. The third-order valence-corrected chi connectivity index (χ3v) is 4.93. The van der Waals surface area contributed by atoms with Crippen molar-refractivity contribution in [1.82, 2.24) is 19.9 Å². The summed E-state index contributed by atoms with van der Waals surface area (Å²) in [6, 6.07) is 0. The third kappa shape index (κ3) is 4.53. The van der Waals surface area contributed by atoms with Crippen molar-refractivity contribution in [2.24, 2.45) is 0 Å². The minimum atomic E-state index is -2.82. The van der Waals surface area contributed by atoms with Gasteiger partial charge in [0.1, 0.15) is 0 Å². The largest absolute Gasteiger partial charge is 0.380 e. The molecular weight excluding hydrogens is 280 g/mol. The molecule has 1 aliphatic heterocycles. The summed E-state index contributed by atoms with van der Waals surface area (Å²) in [5.74, 6) is 0.488. The highest BCUT2D eigenvalue weighted by Gasteiger charge is 2.22. The summed E-state index contributed by atoms with van der Waals surface area (Å²) in [6.07, 6.45) is 2.75. The molecule has 8 heteroatoms. The van der Waals surface area contributed by atoms with Gasteiger partial charge in [0.2, 0.25) is 0 Å². The Bertz CT molecular complexity index is 501. The summed E-state index contributed by atoms with van der Waals surface area (Å²) in [5.41, 5.74) is 1.00. The molecule has 7 nitrogen and oxygen atoms in total. The molecule has 0 radical (unpaired) electrons. The highest BCUT2D eigenvalue weighted by molar-refractivity contribution is 7.91. The maximum Gasteiger partial charge on any atom is 0.152 e. The van der Waals surface area contributed by atoms with E-state index in [1.807, 2.05) is 4.68 Å². The van der Waals surface area contributed by atoms with Crippen LogP contribution in [0.15, 0.2) is 6.20 Å². The molecule has 1 fully saturated rings. The number of sulfone groups is 1. The van der Waals surface area contributed by atoms with Crippen molar-refractivity contribution in [2.45, 2.75) is 26.4 Å². The van der Waals surface area contributed by atoms with Crippen LogP contribution in [-0.4, -0.2) is 66.1 Å². The van der Waals surface area contributed by atoms with E-state index >= 15 is 0 Å². The van der Waals surface area contributed by atoms with E-state index in [1.54, 1.807) is 6.20 Å². The second kappa shape index (κ2) is 7.14. The van der Waals surface area contributed by atoms with Gasteiger partial charge in [-0.1, -0.05) is 12.1 Å². The average molecular weight is 302 g/mol. The number of hydrogen-bond acceptors (Lipinski definition) is 6. The first-order valence-corrected chi connectivity index (χ1v) is 8.81. The first-order chi connectivity index (χ1) is 9.61. The Hall–Kier alpha value is -0.990.